The molecule has 0 aliphatic carbocycles. The lowest BCUT2D eigenvalue weighted by molar-refractivity contribution is -2.00. The van der Waals surface area contributed by atoms with Gasteiger partial charge in [0, 0.05) is 5.56 Å². The summed E-state index contributed by atoms with van der Waals surface area (Å²) in [4.78, 5) is 0. The summed E-state index contributed by atoms with van der Waals surface area (Å²) in [5.74, 6) is 2.23. The molecule has 1 saturated heterocycles. The number of hydrogen-bond donors (Lipinski definition) is 0. The molecule has 6 nitrogen and oxygen atoms in total. The summed E-state index contributed by atoms with van der Waals surface area (Å²) in [5.41, 5.74) is 1.34. The number of ether oxygens (including phenoxy) is 2. The van der Waals surface area contributed by atoms with E-state index in [2.05, 4.69) is 37.8 Å². The molecule has 1 aromatic rings. The molecule has 1 aliphatic rings. The Morgan fingerprint density at radius 1 is 1.21 bits per heavy atom. The lowest BCUT2D eigenvalue weighted by Crippen LogP contribution is -2.68. The highest BCUT2D eigenvalue weighted by atomic mass is 35.7. The van der Waals surface area contributed by atoms with E-state index in [0.29, 0.717) is 16.1 Å². The number of benzene rings is 1. The van der Waals surface area contributed by atoms with Crippen LogP contribution in [0.3, 0.4) is 0 Å². The Balaban J connectivity index is 0.000000505. The Morgan fingerprint density at radius 3 is 2.33 bits per heavy atom. The van der Waals surface area contributed by atoms with Gasteiger partial charge >= 0.3 is 0 Å². The summed E-state index contributed by atoms with van der Waals surface area (Å²) in [6.45, 7) is 9.19. The monoisotopic (exact) mass is 396 g/mol. The van der Waals surface area contributed by atoms with Gasteiger partial charge in [0.25, 0.3) is 0 Å². The minimum atomic E-state index is -4.94. The fourth-order valence-electron chi connectivity index (χ4n) is 2.53. The Labute approximate surface area is 149 Å². The lowest BCUT2D eigenvalue weighted by Gasteiger charge is -2.28. The van der Waals surface area contributed by atoms with Crippen LogP contribution in [0.2, 0.25) is 19.6 Å². The van der Waals surface area contributed by atoms with E-state index < -0.39 is 18.3 Å². The van der Waals surface area contributed by atoms with Gasteiger partial charge in [0.2, 0.25) is 0 Å². The third-order valence-corrected chi connectivity index (χ3v) is 10.1. The van der Waals surface area contributed by atoms with E-state index in [1.54, 1.807) is 7.11 Å². The highest BCUT2D eigenvalue weighted by Crippen LogP contribution is 2.35. The highest BCUT2D eigenvalue weighted by Gasteiger charge is 2.40. The largest absolute Gasteiger partial charge is 0.496 e. The van der Waals surface area contributed by atoms with Crippen LogP contribution in [-0.4, -0.2) is 39.5 Å². The highest BCUT2D eigenvalue weighted by molar-refractivity contribution is 7.98. The van der Waals surface area contributed by atoms with Gasteiger partial charge in [-0.15, -0.1) is 10.2 Å². The summed E-state index contributed by atoms with van der Waals surface area (Å²) in [7, 11) is -3.77. The summed E-state index contributed by atoms with van der Waals surface area (Å²) < 4.78 is 45.3. The Bertz CT molecular complexity index is 499. The predicted molar refractivity (Wildman–Crippen MR) is 87.0 cm³/mol. The molecular formula is C15H25ClO6SSi. The Kier molecular flexibility index (Phi) is 8.50. The predicted octanol–water partition coefficient (Wildman–Crippen LogP) is -1.49. The SMILES string of the molecule is COc1ccccc1[C@H]1COCC[S+]1C[Si](C)(C)C.[O-][Cl+3]([O-])([O-])[O-]. The normalized spacial score (nSPS) is 21.7. The standard InChI is InChI=1S/C15H25O2SSi.ClHO4/c1-16-14-8-6-5-7-13(14)15-11-17-9-10-18(15)12-19(2,3)4;2-1(3,4)5/h5-8,15H,9-12H2,1-4H3;(H,2,3,4,5)/q+1;/p-1/t15-,18?;/m1./s1. The van der Waals surface area contributed by atoms with Crippen molar-refractivity contribution in [3.8, 4) is 5.75 Å². The Morgan fingerprint density at radius 2 is 1.79 bits per heavy atom. The van der Waals surface area contributed by atoms with Gasteiger partial charge in [-0.25, -0.2) is 18.6 Å². The molecular weight excluding hydrogens is 372 g/mol. The average Bonchev–Trinajstić information content (AvgIpc) is 2.44. The second-order valence-electron chi connectivity index (χ2n) is 6.63. The van der Waals surface area contributed by atoms with E-state index in [9.17, 15) is 0 Å². The third-order valence-electron chi connectivity index (χ3n) is 3.27. The van der Waals surface area contributed by atoms with Gasteiger partial charge < -0.3 is 9.47 Å². The number of rotatable bonds is 4. The van der Waals surface area contributed by atoms with E-state index in [-0.39, 0.29) is 0 Å². The van der Waals surface area contributed by atoms with Crippen LogP contribution < -0.4 is 23.4 Å². The van der Waals surface area contributed by atoms with Crippen molar-refractivity contribution in [2.45, 2.75) is 24.9 Å². The molecule has 0 spiro atoms. The van der Waals surface area contributed by atoms with Gasteiger partial charge in [-0.3, -0.25) is 0 Å². The molecule has 1 aromatic carbocycles. The van der Waals surface area contributed by atoms with Crippen LogP contribution in [0, 0.1) is 10.2 Å². The molecule has 2 atom stereocenters. The second-order valence-corrected chi connectivity index (χ2v) is 15.7. The van der Waals surface area contributed by atoms with Gasteiger partial charge in [0.15, 0.2) is 5.25 Å². The van der Waals surface area contributed by atoms with E-state index in [1.165, 1.54) is 16.7 Å². The van der Waals surface area contributed by atoms with Crippen LogP contribution in [0.15, 0.2) is 24.3 Å². The molecule has 0 amide bonds. The van der Waals surface area contributed by atoms with E-state index >= 15 is 0 Å². The van der Waals surface area contributed by atoms with Crippen LogP contribution in [-0.2, 0) is 15.6 Å². The summed E-state index contributed by atoms with van der Waals surface area (Å²) >= 11 is 0. The van der Waals surface area contributed by atoms with Crippen LogP contribution in [0.1, 0.15) is 10.8 Å². The van der Waals surface area contributed by atoms with Crippen molar-refractivity contribution in [3.63, 3.8) is 0 Å². The molecule has 1 fully saturated rings. The van der Waals surface area contributed by atoms with E-state index in [4.69, 9.17) is 28.1 Å². The van der Waals surface area contributed by atoms with Crippen LogP contribution in [0.25, 0.3) is 0 Å². The average molecular weight is 397 g/mol. The second kappa shape index (κ2) is 9.40. The molecule has 1 unspecified atom stereocenters. The topological polar surface area (TPSA) is 111 Å². The molecule has 9 heteroatoms. The summed E-state index contributed by atoms with van der Waals surface area (Å²) in [6, 6.07) is 8.44. The van der Waals surface area contributed by atoms with Crippen molar-refractivity contribution >= 4 is 19.0 Å². The molecule has 1 aliphatic heterocycles. The maximum absolute atomic E-state index is 8.49. The molecule has 0 aromatic heterocycles. The zero-order chi connectivity index (χ0) is 18.4. The maximum atomic E-state index is 8.49. The van der Waals surface area contributed by atoms with Crippen LogP contribution in [0.4, 0.5) is 0 Å². The minimum absolute atomic E-state index is 0.442. The first-order chi connectivity index (χ1) is 11.0. The molecule has 0 N–H and O–H groups in total. The minimum Gasteiger partial charge on any atom is -0.496 e. The molecule has 0 bridgehead atoms. The fourth-order valence-corrected chi connectivity index (χ4v) is 9.82. The number of hydrogen-bond acceptors (Lipinski definition) is 6. The molecule has 0 radical (unpaired) electrons. The van der Waals surface area contributed by atoms with E-state index in [1.807, 2.05) is 6.07 Å². The van der Waals surface area contributed by atoms with Crippen molar-refractivity contribution in [1.29, 1.82) is 0 Å². The van der Waals surface area contributed by atoms with Crippen molar-refractivity contribution < 1.29 is 38.4 Å². The maximum Gasteiger partial charge on any atom is 0.169 e. The summed E-state index contributed by atoms with van der Waals surface area (Å²) in [6.07, 6.45) is 0. The summed E-state index contributed by atoms with van der Waals surface area (Å²) in [5, 5.41) is 1.93. The van der Waals surface area contributed by atoms with Crippen molar-refractivity contribution in [2.75, 3.05) is 31.5 Å². The first-order valence-electron chi connectivity index (χ1n) is 7.50. The molecule has 2 rings (SSSR count). The number of halogens is 1. The quantitative estimate of drug-likeness (QED) is 0.452. The zero-order valence-electron chi connectivity index (χ0n) is 14.5. The van der Waals surface area contributed by atoms with Crippen molar-refractivity contribution in [1.82, 2.24) is 0 Å². The third kappa shape index (κ3) is 8.68. The smallest absolute Gasteiger partial charge is 0.169 e. The van der Waals surface area contributed by atoms with Crippen LogP contribution >= 0.6 is 0 Å². The first kappa shape index (κ1) is 21.7. The van der Waals surface area contributed by atoms with Crippen LogP contribution in [0.5, 0.6) is 5.75 Å². The molecule has 138 valence electrons. The van der Waals surface area contributed by atoms with Crippen molar-refractivity contribution in [3.05, 3.63) is 29.8 Å². The number of para-hydroxylation sites is 1. The zero-order valence-corrected chi connectivity index (χ0v) is 17.0. The Hall–Kier alpha value is -0.323. The lowest BCUT2D eigenvalue weighted by atomic mass is 10.1. The van der Waals surface area contributed by atoms with E-state index in [0.717, 1.165) is 19.0 Å². The van der Waals surface area contributed by atoms with Gasteiger partial charge in [-0.05, 0) is 17.0 Å². The van der Waals surface area contributed by atoms with Gasteiger partial charge in [0.05, 0.1) is 25.7 Å². The van der Waals surface area contributed by atoms with Crippen molar-refractivity contribution in [2.24, 2.45) is 0 Å². The van der Waals surface area contributed by atoms with Gasteiger partial charge in [-0.2, -0.15) is 0 Å². The first-order valence-corrected chi connectivity index (χ1v) is 14.1. The molecule has 24 heavy (non-hydrogen) atoms. The number of methoxy groups -OCH3 is 1. The van der Waals surface area contributed by atoms with Gasteiger partial charge in [-0.1, -0.05) is 37.8 Å². The molecule has 1 heterocycles. The molecule has 0 saturated carbocycles. The fraction of sp³-hybridized carbons (Fsp3) is 0.600. The van der Waals surface area contributed by atoms with Gasteiger partial charge in [0.1, 0.15) is 19.6 Å².